The fraction of sp³-hybridized carbons (Fsp3) is 0. The lowest BCUT2D eigenvalue weighted by Gasteiger charge is -2.04. The minimum atomic E-state index is -0.513. The number of benzene rings is 2. The van der Waals surface area contributed by atoms with Gasteiger partial charge in [-0.25, -0.2) is 4.39 Å². The van der Waals surface area contributed by atoms with Crippen LogP contribution >= 0.6 is 15.9 Å². The van der Waals surface area contributed by atoms with Crippen molar-refractivity contribution in [2.45, 2.75) is 0 Å². The Kier molecular flexibility index (Phi) is 3.32. The van der Waals surface area contributed by atoms with Gasteiger partial charge in [-0.15, -0.1) is 0 Å². The number of hydrogen-bond donors (Lipinski definition) is 0. The Bertz CT molecular complexity index is 816. The highest BCUT2D eigenvalue weighted by Crippen LogP contribution is 2.22. The molecule has 0 spiro atoms. The average Bonchev–Trinajstić information content (AvgIpc) is 2.46. The van der Waals surface area contributed by atoms with Gasteiger partial charge in [0.15, 0.2) is 5.78 Å². The van der Waals surface area contributed by atoms with Crippen LogP contribution in [0.15, 0.2) is 59.3 Å². The largest absolute Gasteiger partial charge is 0.289 e. The van der Waals surface area contributed by atoms with Gasteiger partial charge in [0.25, 0.3) is 0 Å². The van der Waals surface area contributed by atoms with E-state index in [0.717, 1.165) is 21.4 Å². The standard InChI is InChI=1S/C16H9BrFNO/c17-14-4-3-10-5-12(2-1-11(10)6-14)16(20)13-7-15(18)9-19-8-13/h1-9H. The molecule has 2 aromatic carbocycles. The molecule has 0 saturated carbocycles. The normalized spacial score (nSPS) is 10.7. The maximum Gasteiger partial charge on any atom is 0.194 e. The predicted molar refractivity (Wildman–Crippen MR) is 79.3 cm³/mol. The summed E-state index contributed by atoms with van der Waals surface area (Å²) in [5.41, 5.74) is 0.772. The molecule has 0 saturated heterocycles. The van der Waals surface area contributed by atoms with E-state index in [-0.39, 0.29) is 11.3 Å². The van der Waals surface area contributed by atoms with Crippen molar-refractivity contribution in [3.05, 3.63) is 76.3 Å². The molecule has 4 heteroatoms. The summed E-state index contributed by atoms with van der Waals surface area (Å²) in [7, 11) is 0. The minimum absolute atomic E-state index is 0.234. The summed E-state index contributed by atoms with van der Waals surface area (Å²) < 4.78 is 14.1. The minimum Gasteiger partial charge on any atom is -0.289 e. The molecule has 20 heavy (non-hydrogen) atoms. The first kappa shape index (κ1) is 12.9. The molecule has 0 radical (unpaired) electrons. The second-order valence-electron chi connectivity index (χ2n) is 4.43. The number of pyridine rings is 1. The topological polar surface area (TPSA) is 30.0 Å². The lowest BCUT2D eigenvalue weighted by atomic mass is 10.0. The molecule has 3 rings (SSSR count). The van der Waals surface area contributed by atoms with Crippen LogP contribution < -0.4 is 0 Å². The van der Waals surface area contributed by atoms with Crippen LogP contribution in [0.1, 0.15) is 15.9 Å². The van der Waals surface area contributed by atoms with Gasteiger partial charge >= 0.3 is 0 Å². The van der Waals surface area contributed by atoms with E-state index in [1.54, 1.807) is 12.1 Å². The number of aromatic nitrogens is 1. The zero-order chi connectivity index (χ0) is 14.1. The number of fused-ring (bicyclic) bond motifs is 1. The van der Waals surface area contributed by atoms with Gasteiger partial charge in [-0.2, -0.15) is 0 Å². The molecule has 1 aromatic heterocycles. The fourth-order valence-electron chi connectivity index (χ4n) is 2.06. The molecule has 0 amide bonds. The van der Waals surface area contributed by atoms with Gasteiger partial charge in [0.2, 0.25) is 0 Å². The predicted octanol–water partition coefficient (Wildman–Crippen LogP) is 4.37. The quantitative estimate of drug-likeness (QED) is 0.653. The summed E-state index contributed by atoms with van der Waals surface area (Å²) in [6, 6.07) is 12.4. The van der Waals surface area contributed by atoms with Gasteiger partial charge in [0, 0.05) is 21.8 Å². The molecule has 0 N–H and O–H groups in total. The SMILES string of the molecule is O=C(c1cncc(F)c1)c1ccc2cc(Br)ccc2c1. The molecule has 2 nitrogen and oxygen atoms in total. The number of carbonyl (C=O) groups is 1. The summed E-state index contributed by atoms with van der Waals surface area (Å²) in [4.78, 5) is 16.0. The number of halogens is 2. The van der Waals surface area contributed by atoms with Crippen molar-refractivity contribution in [2.75, 3.05) is 0 Å². The van der Waals surface area contributed by atoms with E-state index in [1.165, 1.54) is 12.3 Å². The third kappa shape index (κ3) is 2.47. The summed E-state index contributed by atoms with van der Waals surface area (Å²) >= 11 is 3.41. The highest BCUT2D eigenvalue weighted by atomic mass is 79.9. The molecule has 3 aromatic rings. The van der Waals surface area contributed by atoms with Crippen molar-refractivity contribution in [3.63, 3.8) is 0 Å². The van der Waals surface area contributed by atoms with Crippen molar-refractivity contribution in [3.8, 4) is 0 Å². The van der Waals surface area contributed by atoms with Crippen LogP contribution in [0.2, 0.25) is 0 Å². The summed E-state index contributed by atoms with van der Waals surface area (Å²) in [6.45, 7) is 0. The van der Waals surface area contributed by atoms with Gasteiger partial charge in [0.05, 0.1) is 6.20 Å². The molecule has 0 atom stereocenters. The van der Waals surface area contributed by atoms with Crippen LogP contribution in [-0.2, 0) is 0 Å². The van der Waals surface area contributed by atoms with E-state index in [0.29, 0.717) is 5.56 Å². The van der Waals surface area contributed by atoms with Crippen molar-refractivity contribution < 1.29 is 9.18 Å². The zero-order valence-corrected chi connectivity index (χ0v) is 11.9. The Morgan fingerprint density at radius 2 is 1.70 bits per heavy atom. The van der Waals surface area contributed by atoms with Crippen LogP contribution in [0.5, 0.6) is 0 Å². The molecule has 0 aliphatic rings. The Hall–Kier alpha value is -2.07. The second-order valence-corrected chi connectivity index (χ2v) is 5.34. The molecule has 0 unspecified atom stereocenters. The maximum atomic E-state index is 13.1. The van der Waals surface area contributed by atoms with E-state index in [9.17, 15) is 9.18 Å². The first-order valence-electron chi connectivity index (χ1n) is 5.98. The van der Waals surface area contributed by atoms with Crippen LogP contribution in [0.4, 0.5) is 4.39 Å². The van der Waals surface area contributed by atoms with Crippen molar-refractivity contribution >= 4 is 32.5 Å². The van der Waals surface area contributed by atoms with E-state index in [2.05, 4.69) is 20.9 Å². The molecule has 98 valence electrons. The summed E-state index contributed by atoms with van der Waals surface area (Å²) in [6.07, 6.45) is 2.45. The van der Waals surface area contributed by atoms with Gasteiger partial charge in [-0.05, 0) is 35.0 Å². The summed E-state index contributed by atoms with van der Waals surface area (Å²) in [5.74, 6) is -0.748. The average molecular weight is 330 g/mol. The van der Waals surface area contributed by atoms with Gasteiger partial charge in [-0.3, -0.25) is 9.78 Å². The third-order valence-corrected chi connectivity index (χ3v) is 3.52. The van der Waals surface area contributed by atoms with Crippen LogP contribution in [0.25, 0.3) is 10.8 Å². The Morgan fingerprint density at radius 3 is 2.50 bits per heavy atom. The van der Waals surface area contributed by atoms with E-state index >= 15 is 0 Å². The van der Waals surface area contributed by atoms with Crippen molar-refractivity contribution in [2.24, 2.45) is 0 Å². The first-order valence-corrected chi connectivity index (χ1v) is 6.77. The third-order valence-electron chi connectivity index (χ3n) is 3.03. The number of rotatable bonds is 2. The van der Waals surface area contributed by atoms with Gasteiger partial charge in [0.1, 0.15) is 5.82 Å². The number of carbonyl (C=O) groups excluding carboxylic acids is 1. The van der Waals surface area contributed by atoms with Gasteiger partial charge in [-0.1, -0.05) is 34.1 Å². The Labute approximate surface area is 123 Å². The maximum absolute atomic E-state index is 13.1. The summed E-state index contributed by atoms with van der Waals surface area (Å²) in [5, 5.41) is 2.00. The molecule has 0 aliphatic heterocycles. The number of ketones is 1. The lowest BCUT2D eigenvalue weighted by molar-refractivity contribution is 0.103. The fourth-order valence-corrected chi connectivity index (χ4v) is 2.44. The van der Waals surface area contributed by atoms with Crippen molar-refractivity contribution in [1.82, 2.24) is 4.98 Å². The zero-order valence-electron chi connectivity index (χ0n) is 10.3. The molecular formula is C16H9BrFNO. The highest BCUT2D eigenvalue weighted by molar-refractivity contribution is 9.10. The van der Waals surface area contributed by atoms with Crippen LogP contribution in [-0.4, -0.2) is 10.8 Å². The van der Waals surface area contributed by atoms with Gasteiger partial charge < -0.3 is 0 Å². The monoisotopic (exact) mass is 329 g/mol. The van der Waals surface area contributed by atoms with E-state index < -0.39 is 5.82 Å². The Balaban J connectivity index is 2.06. The molecule has 0 bridgehead atoms. The molecular weight excluding hydrogens is 321 g/mol. The van der Waals surface area contributed by atoms with Crippen LogP contribution in [0.3, 0.4) is 0 Å². The van der Waals surface area contributed by atoms with Crippen LogP contribution in [0, 0.1) is 5.82 Å². The van der Waals surface area contributed by atoms with E-state index in [4.69, 9.17) is 0 Å². The van der Waals surface area contributed by atoms with Crippen molar-refractivity contribution in [1.29, 1.82) is 0 Å². The smallest absolute Gasteiger partial charge is 0.194 e. The number of hydrogen-bond acceptors (Lipinski definition) is 2. The Morgan fingerprint density at radius 1 is 0.950 bits per heavy atom. The van der Waals surface area contributed by atoms with E-state index in [1.807, 2.05) is 24.3 Å². The first-order chi connectivity index (χ1) is 9.63. The molecule has 0 aliphatic carbocycles. The number of nitrogens with zero attached hydrogens (tertiary/aromatic N) is 1. The molecule has 0 fully saturated rings. The lowest BCUT2D eigenvalue weighted by Crippen LogP contribution is -2.02. The molecule has 1 heterocycles. The highest BCUT2D eigenvalue weighted by Gasteiger charge is 2.11. The second kappa shape index (κ2) is 5.13.